The number of nitrogens with one attached hydrogen (secondary N) is 2. The van der Waals surface area contributed by atoms with E-state index in [1.54, 1.807) is 11.7 Å². The number of rotatable bonds is 7. The van der Waals surface area contributed by atoms with Crippen molar-refractivity contribution in [1.82, 2.24) is 19.7 Å². The van der Waals surface area contributed by atoms with Crippen LogP contribution in [0, 0.1) is 12.7 Å². The Balaban J connectivity index is 1.43. The number of aromatic nitrogens is 3. The van der Waals surface area contributed by atoms with Crippen LogP contribution in [0.5, 0.6) is 0 Å². The number of halogens is 4. The molecule has 0 spiro atoms. The normalized spacial score (nSPS) is 16.9. The Kier molecular flexibility index (Phi) is 6.95. The largest absolute Gasteiger partial charge is 0.419 e. The number of carbonyl (C=O) groups is 2. The van der Waals surface area contributed by atoms with E-state index in [1.165, 1.54) is 19.0 Å². The summed E-state index contributed by atoms with van der Waals surface area (Å²) in [5.41, 5.74) is 0.192. The molecule has 4 heterocycles. The first kappa shape index (κ1) is 26.9. The van der Waals surface area contributed by atoms with Gasteiger partial charge >= 0.3 is 12.2 Å². The third-order valence-electron chi connectivity index (χ3n) is 7.83. The molecule has 3 amide bonds. The van der Waals surface area contributed by atoms with Gasteiger partial charge in [-0.05, 0) is 70.3 Å². The maximum Gasteiger partial charge on any atom is 0.419 e. The molecule has 2 aliphatic heterocycles. The van der Waals surface area contributed by atoms with Gasteiger partial charge in [0.1, 0.15) is 5.82 Å². The average Bonchev–Trinajstić information content (AvgIpc) is 3.53. The maximum atomic E-state index is 13.8. The number of benzene rings is 1. The van der Waals surface area contributed by atoms with Crippen LogP contribution in [0.3, 0.4) is 0 Å². The number of alkyl halides is 3. The number of imide groups is 1. The van der Waals surface area contributed by atoms with Crippen LogP contribution in [-0.4, -0.2) is 57.3 Å². The lowest BCUT2D eigenvalue weighted by Gasteiger charge is -2.32. The molecule has 208 valence electrons. The number of pyridine rings is 1. The minimum atomic E-state index is -5.00. The number of hydrogen-bond donors (Lipinski definition) is 2. The molecule has 2 saturated heterocycles. The third-order valence-corrected chi connectivity index (χ3v) is 7.83. The fraction of sp³-hybridized carbons (Fsp3) is 0.462. The summed E-state index contributed by atoms with van der Waals surface area (Å²) in [6.07, 6.45) is 2.01. The molecule has 0 unspecified atom stereocenters. The molecule has 13 heteroatoms. The molecule has 2 fully saturated rings. The van der Waals surface area contributed by atoms with Crippen LogP contribution in [0.2, 0.25) is 0 Å². The SMILES string of the molecule is Cc1nn(C)c2ncc(NC(=O)N(C=O)c3ccc(F)c(C(F)(F)F)c3)c(NCCC34CCCN3CCC4)c12. The van der Waals surface area contributed by atoms with Crippen molar-refractivity contribution in [2.45, 2.75) is 50.7 Å². The molecule has 39 heavy (non-hydrogen) atoms. The molecule has 1 aromatic carbocycles. The molecular formula is C26H29F4N7O2. The second kappa shape index (κ2) is 10.1. The smallest absolute Gasteiger partial charge is 0.383 e. The van der Waals surface area contributed by atoms with Crippen LogP contribution in [0.4, 0.5) is 39.4 Å². The minimum absolute atomic E-state index is 0.0744. The standard InChI is InChI=1S/C26H29F4N7O2/c1-16-21-22(31-10-9-25-7-3-11-36(25)12-4-8-25)20(14-32-23(21)35(2)34-16)33-24(39)37(15-38)17-5-6-19(27)18(13-17)26(28,29)30/h5-6,13-15H,3-4,7-12H2,1-2H3,(H,31,32)(H,33,39). The highest BCUT2D eigenvalue weighted by atomic mass is 19.4. The predicted octanol–water partition coefficient (Wildman–Crippen LogP) is 5.06. The molecule has 2 aliphatic rings. The van der Waals surface area contributed by atoms with Gasteiger partial charge in [-0.25, -0.2) is 19.1 Å². The van der Waals surface area contributed by atoms with Gasteiger partial charge in [-0.3, -0.25) is 14.4 Å². The van der Waals surface area contributed by atoms with E-state index in [9.17, 15) is 27.2 Å². The summed E-state index contributed by atoms with van der Waals surface area (Å²) in [6.45, 7) is 4.62. The highest BCUT2D eigenvalue weighted by Gasteiger charge is 2.43. The van der Waals surface area contributed by atoms with Crippen molar-refractivity contribution in [1.29, 1.82) is 0 Å². The Hall–Kier alpha value is -3.74. The van der Waals surface area contributed by atoms with Gasteiger partial charge in [0.05, 0.1) is 39.9 Å². The van der Waals surface area contributed by atoms with E-state index in [0.29, 0.717) is 46.0 Å². The zero-order valence-corrected chi connectivity index (χ0v) is 21.6. The number of carbonyl (C=O) groups excluding carboxylic acids is 2. The van der Waals surface area contributed by atoms with Crippen molar-refractivity contribution in [2.75, 3.05) is 35.2 Å². The van der Waals surface area contributed by atoms with Crippen molar-refractivity contribution in [3.63, 3.8) is 0 Å². The van der Waals surface area contributed by atoms with Crippen LogP contribution in [0.25, 0.3) is 11.0 Å². The summed E-state index contributed by atoms with van der Waals surface area (Å²) >= 11 is 0. The van der Waals surface area contributed by atoms with E-state index >= 15 is 0 Å². The molecular weight excluding hydrogens is 518 g/mol. The first-order chi connectivity index (χ1) is 18.5. The summed E-state index contributed by atoms with van der Waals surface area (Å²) in [7, 11) is 1.75. The van der Waals surface area contributed by atoms with Gasteiger partial charge in [0.15, 0.2) is 5.65 Å². The van der Waals surface area contributed by atoms with Crippen LogP contribution < -0.4 is 15.5 Å². The van der Waals surface area contributed by atoms with Crippen molar-refractivity contribution in [3.8, 4) is 0 Å². The van der Waals surface area contributed by atoms with E-state index in [-0.39, 0.29) is 17.6 Å². The number of nitrogens with zero attached hydrogens (tertiary/aromatic N) is 5. The number of anilines is 3. The number of urea groups is 1. The monoisotopic (exact) mass is 547 g/mol. The highest BCUT2D eigenvalue weighted by Crippen LogP contribution is 2.42. The molecule has 2 N–H and O–H groups in total. The third kappa shape index (κ3) is 4.90. The molecule has 2 aromatic heterocycles. The molecule has 9 nitrogen and oxygen atoms in total. The summed E-state index contributed by atoms with van der Waals surface area (Å²) in [5, 5.41) is 11.2. The predicted molar refractivity (Wildman–Crippen MR) is 138 cm³/mol. The van der Waals surface area contributed by atoms with E-state index in [4.69, 9.17) is 0 Å². The Morgan fingerprint density at radius 1 is 1.23 bits per heavy atom. The summed E-state index contributed by atoms with van der Waals surface area (Å²) in [4.78, 5) is 32.3. The Morgan fingerprint density at radius 2 is 1.95 bits per heavy atom. The van der Waals surface area contributed by atoms with E-state index < -0.39 is 29.3 Å². The highest BCUT2D eigenvalue weighted by molar-refractivity contribution is 6.14. The van der Waals surface area contributed by atoms with Gasteiger partial charge in [-0.2, -0.15) is 18.3 Å². The van der Waals surface area contributed by atoms with Gasteiger partial charge in [0, 0.05) is 19.1 Å². The summed E-state index contributed by atoms with van der Waals surface area (Å²) < 4.78 is 55.1. The topological polar surface area (TPSA) is 95.4 Å². The fourth-order valence-electron chi connectivity index (χ4n) is 6.03. The van der Waals surface area contributed by atoms with Crippen LogP contribution in [-0.2, 0) is 18.0 Å². The number of fused-ring (bicyclic) bond motifs is 2. The van der Waals surface area contributed by atoms with Gasteiger partial charge in [0.2, 0.25) is 6.41 Å². The quantitative estimate of drug-likeness (QED) is 0.317. The molecule has 3 aromatic rings. The second-order valence-corrected chi connectivity index (χ2v) is 10.1. The Labute approximate surface area is 222 Å². The lowest BCUT2D eigenvalue weighted by Crippen LogP contribution is -2.39. The second-order valence-electron chi connectivity index (χ2n) is 10.1. The van der Waals surface area contributed by atoms with Crippen LogP contribution >= 0.6 is 0 Å². The van der Waals surface area contributed by atoms with Gasteiger partial charge < -0.3 is 10.6 Å². The van der Waals surface area contributed by atoms with Gasteiger partial charge in [-0.15, -0.1) is 0 Å². The first-order valence-corrected chi connectivity index (χ1v) is 12.8. The van der Waals surface area contributed by atoms with Crippen molar-refractivity contribution < 1.29 is 27.2 Å². The van der Waals surface area contributed by atoms with E-state index in [2.05, 4.69) is 25.6 Å². The molecule has 0 bridgehead atoms. The number of hydrogen-bond acceptors (Lipinski definition) is 6. The van der Waals surface area contributed by atoms with Gasteiger partial charge in [-0.1, -0.05) is 0 Å². The fourth-order valence-corrected chi connectivity index (χ4v) is 6.03. The molecule has 0 radical (unpaired) electrons. The lowest BCUT2D eigenvalue weighted by molar-refractivity contribution is -0.140. The van der Waals surface area contributed by atoms with Gasteiger partial charge in [0.25, 0.3) is 0 Å². The van der Waals surface area contributed by atoms with Crippen molar-refractivity contribution >= 4 is 40.5 Å². The van der Waals surface area contributed by atoms with E-state index in [0.717, 1.165) is 38.4 Å². The maximum absolute atomic E-state index is 13.8. The zero-order valence-electron chi connectivity index (χ0n) is 21.6. The molecule has 0 saturated carbocycles. The summed E-state index contributed by atoms with van der Waals surface area (Å²) in [6, 6.07) is 0.894. The first-order valence-electron chi connectivity index (χ1n) is 12.8. The van der Waals surface area contributed by atoms with Crippen molar-refractivity contribution in [3.05, 3.63) is 41.5 Å². The van der Waals surface area contributed by atoms with Crippen LogP contribution in [0.1, 0.15) is 43.4 Å². The van der Waals surface area contributed by atoms with E-state index in [1.807, 2.05) is 6.92 Å². The summed E-state index contributed by atoms with van der Waals surface area (Å²) in [5.74, 6) is -1.51. The number of amides is 3. The number of aryl methyl sites for hydroxylation is 2. The lowest BCUT2D eigenvalue weighted by atomic mass is 9.90. The molecule has 0 aliphatic carbocycles. The zero-order chi connectivity index (χ0) is 27.9. The molecule has 0 atom stereocenters. The van der Waals surface area contributed by atoms with Crippen molar-refractivity contribution in [2.24, 2.45) is 7.05 Å². The minimum Gasteiger partial charge on any atom is -0.383 e. The Bertz CT molecular complexity index is 1410. The van der Waals surface area contributed by atoms with Crippen LogP contribution in [0.15, 0.2) is 24.4 Å². The molecule has 5 rings (SSSR count). The Morgan fingerprint density at radius 3 is 2.62 bits per heavy atom. The average molecular weight is 548 g/mol.